The van der Waals surface area contributed by atoms with Gasteiger partial charge < -0.3 is 19.9 Å². The Hall–Kier alpha value is -2.72. The monoisotopic (exact) mass is 372 g/mol. The van der Waals surface area contributed by atoms with Crippen LogP contribution in [-0.4, -0.2) is 83.9 Å². The summed E-state index contributed by atoms with van der Waals surface area (Å²) in [6.07, 6.45) is 5.23. The molecule has 2 saturated heterocycles. The predicted octanol–water partition coefficient (Wildman–Crippen LogP) is 0.0289. The van der Waals surface area contributed by atoms with Crippen molar-refractivity contribution in [2.45, 2.75) is 6.92 Å². The number of carbonyl (C=O) groups excluding carboxylic acids is 1. The minimum Gasteiger partial charge on any atom is -0.378 e. The summed E-state index contributed by atoms with van der Waals surface area (Å²) in [6, 6.07) is 0. The molecule has 2 aromatic rings. The first-order chi connectivity index (χ1) is 13.3. The zero-order chi connectivity index (χ0) is 18.6. The Bertz CT molecular complexity index is 837. The predicted molar refractivity (Wildman–Crippen MR) is 103 cm³/mol. The summed E-state index contributed by atoms with van der Waals surface area (Å²) in [5.41, 5.74) is 4.02. The van der Waals surface area contributed by atoms with Gasteiger partial charge in [-0.05, 0) is 6.92 Å². The number of anilines is 2. The molecule has 4 rings (SSSR count). The van der Waals surface area contributed by atoms with E-state index in [2.05, 4.69) is 30.7 Å². The summed E-state index contributed by atoms with van der Waals surface area (Å²) >= 11 is 0. The average molecular weight is 372 g/mol. The maximum atomic E-state index is 12.8. The lowest BCUT2D eigenvalue weighted by Gasteiger charge is -2.28. The van der Waals surface area contributed by atoms with Crippen molar-refractivity contribution in [1.82, 2.24) is 24.6 Å². The van der Waals surface area contributed by atoms with Crippen molar-refractivity contribution in [3.63, 3.8) is 0 Å². The Morgan fingerprint density at radius 1 is 1.22 bits per heavy atom. The third-order valence-corrected chi connectivity index (χ3v) is 4.66. The lowest BCUT2D eigenvalue weighted by atomic mass is 10.3. The lowest BCUT2D eigenvalue weighted by molar-refractivity contribution is 0.0730. The number of rotatable bonds is 4. The molecule has 0 radical (unpaired) electrons. The first kappa shape index (κ1) is 17.7. The number of hydrogen-bond donors (Lipinski definition) is 2. The van der Waals surface area contributed by atoms with Gasteiger partial charge in [0.2, 0.25) is 0 Å². The number of morpholine rings is 1. The molecule has 2 fully saturated rings. The number of aromatic nitrogens is 3. The van der Waals surface area contributed by atoms with Crippen LogP contribution < -0.4 is 15.6 Å². The lowest BCUT2D eigenvalue weighted by Crippen LogP contribution is -2.46. The SMILES string of the molecule is C/C=N/Nc1cn2cc(C(=O)N3CCNCC3)nc2c(N2CCOCC2)n1. The van der Waals surface area contributed by atoms with E-state index in [4.69, 9.17) is 4.74 Å². The summed E-state index contributed by atoms with van der Waals surface area (Å²) in [4.78, 5) is 26.1. The fourth-order valence-corrected chi connectivity index (χ4v) is 3.29. The summed E-state index contributed by atoms with van der Waals surface area (Å²) in [5, 5.41) is 7.31. The van der Waals surface area contributed by atoms with Gasteiger partial charge in [0.25, 0.3) is 5.91 Å². The van der Waals surface area contributed by atoms with Gasteiger partial charge in [-0.25, -0.2) is 9.97 Å². The van der Waals surface area contributed by atoms with Crippen molar-refractivity contribution in [1.29, 1.82) is 0 Å². The quantitative estimate of drug-likeness (QED) is 0.577. The molecule has 10 nitrogen and oxygen atoms in total. The van der Waals surface area contributed by atoms with Gasteiger partial charge in [-0.15, -0.1) is 0 Å². The van der Waals surface area contributed by atoms with E-state index in [-0.39, 0.29) is 5.91 Å². The van der Waals surface area contributed by atoms with Gasteiger partial charge in [0, 0.05) is 51.7 Å². The third kappa shape index (κ3) is 3.71. The van der Waals surface area contributed by atoms with Crippen molar-refractivity contribution < 1.29 is 9.53 Å². The molecular formula is C17H24N8O2. The highest BCUT2D eigenvalue weighted by atomic mass is 16.5. The standard InChI is InChI=1S/C17H24N8O2/c1-2-19-22-14-12-25-11-13(17(26)24-5-3-18-4-6-24)20-15(25)16(21-14)23-7-9-27-10-8-23/h2,11-12,18,22H,3-10H2,1H3/b19-2+. The zero-order valence-electron chi connectivity index (χ0n) is 15.4. The minimum atomic E-state index is -0.0470. The number of nitrogens with zero attached hydrogens (tertiary/aromatic N) is 6. The third-order valence-electron chi connectivity index (χ3n) is 4.66. The highest BCUT2D eigenvalue weighted by Gasteiger charge is 2.24. The average Bonchev–Trinajstić information content (AvgIpc) is 3.16. The van der Waals surface area contributed by atoms with Gasteiger partial charge in [-0.3, -0.25) is 14.6 Å². The van der Waals surface area contributed by atoms with Crippen molar-refractivity contribution in [3.05, 3.63) is 18.1 Å². The molecule has 2 aliphatic heterocycles. The highest BCUT2D eigenvalue weighted by molar-refractivity contribution is 5.93. The second-order valence-electron chi connectivity index (χ2n) is 6.45. The van der Waals surface area contributed by atoms with E-state index in [9.17, 15) is 4.79 Å². The number of hydrazone groups is 1. The Labute approximate surface area is 157 Å². The number of imidazole rings is 1. The maximum Gasteiger partial charge on any atom is 0.274 e. The molecule has 0 unspecified atom stereocenters. The van der Waals surface area contributed by atoms with Crippen molar-refractivity contribution in [3.8, 4) is 0 Å². The van der Waals surface area contributed by atoms with Gasteiger partial charge in [-0.2, -0.15) is 5.10 Å². The topological polar surface area (TPSA) is 99.4 Å². The first-order valence-electron chi connectivity index (χ1n) is 9.22. The number of amides is 1. The van der Waals surface area contributed by atoms with Gasteiger partial charge >= 0.3 is 0 Å². The van der Waals surface area contributed by atoms with Crippen LogP contribution in [0.4, 0.5) is 11.6 Å². The van der Waals surface area contributed by atoms with Gasteiger partial charge in [0.05, 0.1) is 19.4 Å². The van der Waals surface area contributed by atoms with E-state index >= 15 is 0 Å². The molecule has 2 N–H and O–H groups in total. The van der Waals surface area contributed by atoms with Crippen LogP contribution in [0.2, 0.25) is 0 Å². The molecule has 27 heavy (non-hydrogen) atoms. The molecule has 0 spiro atoms. The van der Waals surface area contributed by atoms with Gasteiger partial charge in [0.15, 0.2) is 17.3 Å². The van der Waals surface area contributed by atoms with Crippen LogP contribution >= 0.6 is 0 Å². The van der Waals surface area contributed by atoms with Crippen LogP contribution in [0.3, 0.4) is 0 Å². The van der Waals surface area contributed by atoms with Crippen molar-refractivity contribution >= 4 is 29.4 Å². The van der Waals surface area contributed by atoms with E-state index in [0.29, 0.717) is 43.5 Å². The van der Waals surface area contributed by atoms with Crippen molar-refractivity contribution in [2.75, 3.05) is 62.8 Å². The minimum absolute atomic E-state index is 0.0470. The molecule has 0 aliphatic carbocycles. The van der Waals surface area contributed by atoms with E-state index < -0.39 is 0 Å². The van der Waals surface area contributed by atoms with Crippen LogP contribution in [0.5, 0.6) is 0 Å². The second kappa shape index (κ2) is 7.89. The number of nitrogens with one attached hydrogen (secondary N) is 2. The fourth-order valence-electron chi connectivity index (χ4n) is 3.29. The Morgan fingerprint density at radius 2 is 2.00 bits per heavy atom. The molecule has 144 valence electrons. The normalized spacial score (nSPS) is 18.4. The molecule has 0 saturated carbocycles. The first-order valence-corrected chi connectivity index (χ1v) is 9.22. The highest BCUT2D eigenvalue weighted by Crippen LogP contribution is 2.23. The van der Waals surface area contributed by atoms with E-state index in [0.717, 1.165) is 32.0 Å². The molecule has 1 amide bonds. The summed E-state index contributed by atoms with van der Waals surface area (Å²) in [7, 11) is 0. The summed E-state index contributed by atoms with van der Waals surface area (Å²) in [5.74, 6) is 1.28. The number of hydrogen-bond acceptors (Lipinski definition) is 8. The molecule has 0 bridgehead atoms. The van der Waals surface area contributed by atoms with Gasteiger partial charge in [-0.1, -0.05) is 0 Å². The largest absolute Gasteiger partial charge is 0.378 e. The molecule has 0 aromatic carbocycles. The zero-order valence-corrected chi connectivity index (χ0v) is 15.4. The maximum absolute atomic E-state index is 12.8. The van der Waals surface area contributed by atoms with Crippen LogP contribution in [0.1, 0.15) is 17.4 Å². The van der Waals surface area contributed by atoms with Crippen LogP contribution in [0, 0.1) is 0 Å². The van der Waals surface area contributed by atoms with Crippen molar-refractivity contribution in [2.24, 2.45) is 5.10 Å². The summed E-state index contributed by atoms with van der Waals surface area (Å²) in [6.45, 7) is 7.59. The molecule has 4 heterocycles. The summed E-state index contributed by atoms with van der Waals surface area (Å²) < 4.78 is 7.30. The Morgan fingerprint density at radius 3 is 2.74 bits per heavy atom. The second-order valence-corrected chi connectivity index (χ2v) is 6.45. The molecule has 10 heteroatoms. The molecule has 2 aromatic heterocycles. The van der Waals surface area contributed by atoms with E-state index in [1.54, 1.807) is 18.6 Å². The van der Waals surface area contributed by atoms with E-state index in [1.165, 1.54) is 0 Å². The number of fused-ring (bicyclic) bond motifs is 1. The molecule has 2 aliphatic rings. The van der Waals surface area contributed by atoms with Crippen LogP contribution in [-0.2, 0) is 4.74 Å². The van der Waals surface area contributed by atoms with Crippen LogP contribution in [0.15, 0.2) is 17.5 Å². The number of carbonyl (C=O) groups is 1. The molecular weight excluding hydrogens is 348 g/mol. The van der Waals surface area contributed by atoms with Crippen LogP contribution in [0.25, 0.3) is 5.65 Å². The number of ether oxygens (including phenoxy) is 1. The fraction of sp³-hybridized carbons (Fsp3) is 0.529. The van der Waals surface area contributed by atoms with E-state index in [1.807, 2.05) is 16.2 Å². The smallest absolute Gasteiger partial charge is 0.274 e. The Kier molecular flexibility index (Phi) is 5.16. The molecule has 0 atom stereocenters. The Balaban J connectivity index is 1.71. The van der Waals surface area contributed by atoms with Gasteiger partial charge in [0.1, 0.15) is 5.69 Å². The number of piperazine rings is 1.